The molecule has 98 valence electrons. The summed E-state index contributed by atoms with van der Waals surface area (Å²) in [4.78, 5) is 11.8. The van der Waals surface area contributed by atoms with Crippen LogP contribution in [0, 0.1) is 22.7 Å². The van der Waals surface area contributed by atoms with Gasteiger partial charge in [0.25, 0.3) is 0 Å². The molecule has 0 aliphatic carbocycles. The van der Waals surface area contributed by atoms with Crippen LogP contribution in [0.15, 0.2) is 0 Å². The summed E-state index contributed by atoms with van der Waals surface area (Å²) in [5.41, 5.74) is 5.74. The largest absolute Gasteiger partial charge is 0.356 e. The molecule has 0 aromatic heterocycles. The molecule has 0 spiro atoms. The van der Waals surface area contributed by atoms with Gasteiger partial charge in [0.15, 0.2) is 0 Å². The molecular formula is C13H25N3O. The van der Waals surface area contributed by atoms with E-state index in [1.165, 1.54) is 0 Å². The summed E-state index contributed by atoms with van der Waals surface area (Å²) in [5.74, 6) is -0.0645. The van der Waals surface area contributed by atoms with Gasteiger partial charge in [-0.2, -0.15) is 5.26 Å². The maximum Gasteiger partial charge on any atom is 0.224 e. The third-order valence-corrected chi connectivity index (χ3v) is 2.53. The van der Waals surface area contributed by atoms with Crippen LogP contribution in [0.3, 0.4) is 0 Å². The van der Waals surface area contributed by atoms with E-state index < -0.39 is 0 Å². The lowest BCUT2D eigenvalue weighted by atomic mass is 9.84. The summed E-state index contributed by atoms with van der Waals surface area (Å²) in [6.07, 6.45) is 3.04. The van der Waals surface area contributed by atoms with Gasteiger partial charge >= 0.3 is 0 Å². The first kappa shape index (κ1) is 15.9. The molecule has 0 heterocycles. The van der Waals surface area contributed by atoms with Crippen molar-refractivity contribution in [1.29, 1.82) is 5.26 Å². The first-order valence-electron chi connectivity index (χ1n) is 6.25. The van der Waals surface area contributed by atoms with E-state index in [0.717, 1.165) is 19.3 Å². The zero-order valence-corrected chi connectivity index (χ0v) is 11.3. The second-order valence-corrected chi connectivity index (χ2v) is 5.60. The molecule has 0 aromatic rings. The van der Waals surface area contributed by atoms with E-state index in [-0.39, 0.29) is 17.2 Å². The molecule has 0 saturated carbocycles. The summed E-state index contributed by atoms with van der Waals surface area (Å²) in [5, 5.41) is 11.3. The molecule has 0 aliphatic rings. The molecule has 0 radical (unpaired) electrons. The average Bonchev–Trinajstić information content (AvgIpc) is 2.24. The number of nitriles is 1. The number of hydrogen-bond donors (Lipinski definition) is 2. The van der Waals surface area contributed by atoms with Crippen LogP contribution in [-0.2, 0) is 4.79 Å². The Morgan fingerprint density at radius 3 is 2.53 bits per heavy atom. The van der Waals surface area contributed by atoms with Crippen molar-refractivity contribution in [3.63, 3.8) is 0 Å². The van der Waals surface area contributed by atoms with Gasteiger partial charge < -0.3 is 11.1 Å². The molecule has 3 N–H and O–H groups in total. The molecule has 0 bridgehead atoms. The second-order valence-electron chi connectivity index (χ2n) is 5.60. The Kier molecular flexibility index (Phi) is 7.56. The summed E-state index contributed by atoms with van der Waals surface area (Å²) < 4.78 is 0. The third kappa shape index (κ3) is 8.70. The summed E-state index contributed by atoms with van der Waals surface area (Å²) in [6, 6.07) is 2.09. The highest BCUT2D eigenvalue weighted by molar-refractivity contribution is 5.78. The first-order valence-corrected chi connectivity index (χ1v) is 6.25. The maximum atomic E-state index is 11.8. The number of unbranched alkanes of at least 4 members (excludes halogenated alkanes) is 2. The van der Waals surface area contributed by atoms with Gasteiger partial charge in [0, 0.05) is 19.5 Å². The Labute approximate surface area is 105 Å². The minimum absolute atomic E-state index is 0.0411. The molecular weight excluding hydrogens is 214 g/mol. The predicted octanol–water partition coefficient (Wildman–Crippen LogP) is 1.81. The van der Waals surface area contributed by atoms with Crippen LogP contribution >= 0.6 is 0 Å². The van der Waals surface area contributed by atoms with Gasteiger partial charge in [0.2, 0.25) is 5.91 Å². The number of nitrogens with zero attached hydrogens (tertiary/aromatic N) is 1. The van der Waals surface area contributed by atoms with Gasteiger partial charge in [0.05, 0.1) is 12.0 Å². The molecule has 4 nitrogen and oxygen atoms in total. The van der Waals surface area contributed by atoms with Crippen LogP contribution in [-0.4, -0.2) is 19.0 Å². The average molecular weight is 239 g/mol. The van der Waals surface area contributed by atoms with Gasteiger partial charge in [-0.15, -0.1) is 0 Å². The zero-order chi connectivity index (χ0) is 13.3. The molecule has 0 saturated heterocycles. The van der Waals surface area contributed by atoms with E-state index in [1.54, 1.807) is 0 Å². The van der Waals surface area contributed by atoms with Crippen molar-refractivity contribution in [3.8, 4) is 6.07 Å². The minimum Gasteiger partial charge on any atom is -0.356 e. The summed E-state index contributed by atoms with van der Waals surface area (Å²) >= 11 is 0. The fraction of sp³-hybridized carbons (Fsp3) is 0.846. The lowest BCUT2D eigenvalue weighted by molar-refractivity contribution is -0.125. The SMILES string of the molecule is CC(C)(C)CC(CN)C(=O)NCCCCC#N. The van der Waals surface area contributed by atoms with Crippen LogP contribution < -0.4 is 11.1 Å². The van der Waals surface area contributed by atoms with E-state index in [4.69, 9.17) is 11.0 Å². The lowest BCUT2D eigenvalue weighted by Crippen LogP contribution is -2.37. The number of carbonyl (C=O) groups is 1. The highest BCUT2D eigenvalue weighted by Crippen LogP contribution is 2.23. The molecule has 1 atom stereocenters. The Balaban J connectivity index is 3.89. The highest BCUT2D eigenvalue weighted by atomic mass is 16.1. The van der Waals surface area contributed by atoms with Crippen LogP contribution in [0.5, 0.6) is 0 Å². The predicted molar refractivity (Wildman–Crippen MR) is 69.1 cm³/mol. The number of amides is 1. The quantitative estimate of drug-likeness (QED) is 0.665. The van der Waals surface area contributed by atoms with Crippen molar-refractivity contribution in [2.75, 3.05) is 13.1 Å². The Morgan fingerprint density at radius 1 is 1.41 bits per heavy atom. The number of nitrogens with two attached hydrogens (primary N) is 1. The van der Waals surface area contributed by atoms with Crippen LogP contribution in [0.4, 0.5) is 0 Å². The van der Waals surface area contributed by atoms with Gasteiger partial charge in [-0.3, -0.25) is 4.79 Å². The second kappa shape index (κ2) is 8.08. The molecule has 1 amide bonds. The number of rotatable bonds is 7. The number of nitrogens with one attached hydrogen (secondary N) is 1. The van der Waals surface area contributed by atoms with E-state index in [1.807, 2.05) is 0 Å². The van der Waals surface area contributed by atoms with Crippen LogP contribution in [0.25, 0.3) is 0 Å². The standard InChI is InChI=1S/C13H25N3O/c1-13(2,3)9-11(10-15)12(17)16-8-6-4-5-7-14/h11H,4-6,8-10,15H2,1-3H3,(H,16,17). The summed E-state index contributed by atoms with van der Waals surface area (Å²) in [6.45, 7) is 7.35. The molecule has 0 aromatic carbocycles. The molecule has 1 unspecified atom stereocenters. The first-order chi connectivity index (χ1) is 7.90. The fourth-order valence-corrected chi connectivity index (χ4v) is 1.71. The van der Waals surface area contributed by atoms with Gasteiger partial charge in [0.1, 0.15) is 0 Å². The molecule has 17 heavy (non-hydrogen) atoms. The monoisotopic (exact) mass is 239 g/mol. The zero-order valence-electron chi connectivity index (χ0n) is 11.3. The molecule has 4 heteroatoms. The topological polar surface area (TPSA) is 78.9 Å². The van der Waals surface area contributed by atoms with Crippen molar-refractivity contribution in [2.45, 2.75) is 46.5 Å². The number of carbonyl (C=O) groups excluding carboxylic acids is 1. The number of hydrogen-bond acceptors (Lipinski definition) is 3. The van der Waals surface area contributed by atoms with Crippen molar-refractivity contribution in [2.24, 2.45) is 17.1 Å². The van der Waals surface area contributed by atoms with Gasteiger partial charge in [-0.1, -0.05) is 20.8 Å². The smallest absolute Gasteiger partial charge is 0.224 e. The fourth-order valence-electron chi connectivity index (χ4n) is 1.71. The normalized spacial score (nSPS) is 12.9. The van der Waals surface area contributed by atoms with Crippen molar-refractivity contribution in [3.05, 3.63) is 0 Å². The Hall–Kier alpha value is -1.08. The van der Waals surface area contributed by atoms with E-state index in [9.17, 15) is 4.79 Å². The maximum absolute atomic E-state index is 11.8. The summed E-state index contributed by atoms with van der Waals surface area (Å²) in [7, 11) is 0. The Morgan fingerprint density at radius 2 is 2.06 bits per heavy atom. The van der Waals surface area contributed by atoms with Crippen molar-refractivity contribution >= 4 is 5.91 Å². The van der Waals surface area contributed by atoms with Crippen molar-refractivity contribution < 1.29 is 4.79 Å². The van der Waals surface area contributed by atoms with Crippen LogP contribution in [0.1, 0.15) is 46.5 Å². The molecule has 0 fully saturated rings. The minimum atomic E-state index is -0.106. The molecule has 0 rings (SSSR count). The lowest BCUT2D eigenvalue weighted by Gasteiger charge is -2.24. The molecule has 0 aliphatic heterocycles. The van der Waals surface area contributed by atoms with E-state index >= 15 is 0 Å². The van der Waals surface area contributed by atoms with Gasteiger partial charge in [-0.25, -0.2) is 0 Å². The Bertz CT molecular complexity index is 263. The van der Waals surface area contributed by atoms with E-state index in [0.29, 0.717) is 19.5 Å². The van der Waals surface area contributed by atoms with E-state index in [2.05, 4.69) is 32.2 Å². The highest BCUT2D eigenvalue weighted by Gasteiger charge is 2.23. The third-order valence-electron chi connectivity index (χ3n) is 2.53. The van der Waals surface area contributed by atoms with Crippen molar-refractivity contribution in [1.82, 2.24) is 5.32 Å². The van der Waals surface area contributed by atoms with Crippen LogP contribution in [0.2, 0.25) is 0 Å². The van der Waals surface area contributed by atoms with Gasteiger partial charge in [-0.05, 0) is 24.7 Å².